The Morgan fingerprint density at radius 1 is 0.517 bits per heavy atom. The number of aliphatic hydroxyl groups excluding tert-OH is 4. The zero-order valence-corrected chi connectivity index (χ0v) is 15.7. The molecular formula is C17H24N4O8. The summed E-state index contributed by atoms with van der Waals surface area (Å²) < 4.78 is 20.2. The van der Waals surface area contributed by atoms with Gasteiger partial charge in [-0.25, -0.2) is 0 Å². The fourth-order valence-corrected chi connectivity index (χ4v) is 2.17. The van der Waals surface area contributed by atoms with Gasteiger partial charge in [-0.15, -0.1) is 0 Å². The van der Waals surface area contributed by atoms with E-state index in [0.29, 0.717) is 0 Å². The highest BCUT2D eigenvalue weighted by Crippen LogP contribution is 2.38. The number of nitriles is 4. The Morgan fingerprint density at radius 2 is 0.724 bits per heavy atom. The van der Waals surface area contributed by atoms with Gasteiger partial charge in [-0.1, -0.05) is 0 Å². The lowest BCUT2D eigenvalue weighted by atomic mass is 9.83. The van der Waals surface area contributed by atoms with Crippen LogP contribution in [-0.4, -0.2) is 72.0 Å². The molecule has 0 aliphatic rings. The van der Waals surface area contributed by atoms with Crippen molar-refractivity contribution < 1.29 is 39.4 Å². The third kappa shape index (κ3) is 8.26. The molecule has 0 fully saturated rings. The predicted molar refractivity (Wildman–Crippen MR) is 91.2 cm³/mol. The van der Waals surface area contributed by atoms with Gasteiger partial charge in [-0.05, 0) is 0 Å². The van der Waals surface area contributed by atoms with Gasteiger partial charge in [-0.2, -0.15) is 21.0 Å². The van der Waals surface area contributed by atoms with Crippen LogP contribution in [0.2, 0.25) is 0 Å². The number of nitrogens with zero attached hydrogens (tertiary/aromatic N) is 4. The first-order chi connectivity index (χ1) is 13.9. The molecule has 0 aliphatic heterocycles. The standard InChI is InChI=1S/C17H24N4O8/c18-5-1-9-26-13(22)17(14(23)27-10-2-6-19,15(24)28-11-3-7-20)16(25)29-12-4-8-21/h13-16,22-25H,1-4,9-12H2. The Labute approximate surface area is 168 Å². The van der Waals surface area contributed by atoms with Crippen LogP contribution in [0.5, 0.6) is 0 Å². The summed E-state index contributed by atoms with van der Waals surface area (Å²) in [7, 11) is 0. The van der Waals surface area contributed by atoms with Crippen LogP contribution in [0.1, 0.15) is 25.7 Å². The monoisotopic (exact) mass is 412 g/mol. The summed E-state index contributed by atoms with van der Waals surface area (Å²) in [5.41, 5.74) is -2.57. The van der Waals surface area contributed by atoms with Crippen molar-refractivity contribution in [1.29, 1.82) is 21.0 Å². The van der Waals surface area contributed by atoms with Crippen molar-refractivity contribution in [2.45, 2.75) is 50.8 Å². The smallest absolute Gasteiger partial charge is 0.175 e. The molecule has 160 valence electrons. The molecule has 0 bridgehead atoms. The summed E-state index contributed by atoms with van der Waals surface area (Å²) in [6, 6.07) is 7.05. The first-order valence-electron chi connectivity index (χ1n) is 8.59. The van der Waals surface area contributed by atoms with Gasteiger partial charge in [0.15, 0.2) is 30.6 Å². The van der Waals surface area contributed by atoms with Gasteiger partial charge in [0.05, 0.1) is 76.4 Å². The van der Waals surface area contributed by atoms with Gasteiger partial charge in [0.1, 0.15) is 0 Å². The summed E-state index contributed by atoms with van der Waals surface area (Å²) >= 11 is 0. The molecule has 0 aromatic carbocycles. The molecular weight excluding hydrogens is 388 g/mol. The maximum atomic E-state index is 10.5. The maximum absolute atomic E-state index is 10.5. The van der Waals surface area contributed by atoms with E-state index in [-0.39, 0.29) is 52.1 Å². The van der Waals surface area contributed by atoms with Crippen molar-refractivity contribution in [1.82, 2.24) is 0 Å². The second-order valence-corrected chi connectivity index (χ2v) is 5.53. The summed E-state index contributed by atoms with van der Waals surface area (Å²) in [6.07, 6.45) is -9.29. The number of ether oxygens (including phenoxy) is 4. The minimum atomic E-state index is -2.57. The molecule has 4 unspecified atom stereocenters. The Hall–Kier alpha value is -2.36. The van der Waals surface area contributed by atoms with Crippen LogP contribution in [0.15, 0.2) is 0 Å². The second-order valence-electron chi connectivity index (χ2n) is 5.53. The molecule has 12 nitrogen and oxygen atoms in total. The number of rotatable bonds is 16. The van der Waals surface area contributed by atoms with Crippen molar-refractivity contribution in [3.63, 3.8) is 0 Å². The highest BCUT2D eigenvalue weighted by molar-refractivity contribution is 4.92. The molecule has 0 aromatic heterocycles. The lowest BCUT2D eigenvalue weighted by molar-refractivity contribution is -0.394. The summed E-state index contributed by atoms with van der Waals surface area (Å²) in [6.45, 7) is -1.33. The van der Waals surface area contributed by atoms with Crippen LogP contribution in [0.4, 0.5) is 0 Å². The van der Waals surface area contributed by atoms with Crippen LogP contribution in [-0.2, 0) is 18.9 Å². The normalized spacial score (nSPS) is 16.8. The van der Waals surface area contributed by atoms with Crippen molar-refractivity contribution >= 4 is 0 Å². The Morgan fingerprint density at radius 3 is 0.897 bits per heavy atom. The van der Waals surface area contributed by atoms with Gasteiger partial charge >= 0.3 is 0 Å². The van der Waals surface area contributed by atoms with Gasteiger partial charge in [0.25, 0.3) is 0 Å². The predicted octanol–water partition coefficient (Wildman–Crippen LogP) is -1.03. The quantitative estimate of drug-likeness (QED) is 0.177. The van der Waals surface area contributed by atoms with Gasteiger partial charge in [0.2, 0.25) is 0 Å². The van der Waals surface area contributed by atoms with E-state index in [1.165, 1.54) is 0 Å². The van der Waals surface area contributed by atoms with E-state index >= 15 is 0 Å². The first kappa shape index (κ1) is 26.6. The van der Waals surface area contributed by atoms with E-state index in [1.54, 1.807) is 24.3 Å². The van der Waals surface area contributed by atoms with E-state index in [1.807, 2.05) is 0 Å². The van der Waals surface area contributed by atoms with Crippen LogP contribution < -0.4 is 0 Å². The van der Waals surface area contributed by atoms with Gasteiger partial charge in [-0.3, -0.25) is 0 Å². The van der Waals surface area contributed by atoms with Gasteiger partial charge in [0, 0.05) is 0 Å². The number of hydrogen-bond acceptors (Lipinski definition) is 12. The summed E-state index contributed by atoms with van der Waals surface area (Å²) in [5.74, 6) is 0. The van der Waals surface area contributed by atoms with Crippen molar-refractivity contribution in [3.05, 3.63) is 0 Å². The van der Waals surface area contributed by atoms with E-state index in [0.717, 1.165) is 0 Å². The summed E-state index contributed by atoms with van der Waals surface area (Å²) in [5, 5.41) is 76.5. The van der Waals surface area contributed by atoms with Crippen molar-refractivity contribution in [3.8, 4) is 24.3 Å². The topological polar surface area (TPSA) is 213 Å². The Kier molecular flexibility index (Phi) is 14.3. The Bertz CT molecular complexity index is 511. The average molecular weight is 412 g/mol. The highest BCUT2D eigenvalue weighted by atomic mass is 16.7. The highest BCUT2D eigenvalue weighted by Gasteiger charge is 2.59. The molecule has 0 rings (SSSR count). The van der Waals surface area contributed by atoms with E-state index in [2.05, 4.69) is 0 Å². The molecule has 0 heterocycles. The van der Waals surface area contributed by atoms with Crippen LogP contribution in [0.3, 0.4) is 0 Å². The molecule has 4 atom stereocenters. The third-order valence-electron chi connectivity index (χ3n) is 3.67. The van der Waals surface area contributed by atoms with Crippen molar-refractivity contribution in [2.24, 2.45) is 5.41 Å². The van der Waals surface area contributed by atoms with E-state index < -0.39 is 30.6 Å². The minimum Gasteiger partial charge on any atom is -0.367 e. The number of hydrogen-bond donors (Lipinski definition) is 4. The van der Waals surface area contributed by atoms with E-state index in [9.17, 15) is 20.4 Å². The maximum Gasteiger partial charge on any atom is 0.175 e. The third-order valence-corrected chi connectivity index (χ3v) is 3.67. The first-order valence-corrected chi connectivity index (χ1v) is 8.59. The van der Waals surface area contributed by atoms with Gasteiger partial charge < -0.3 is 39.4 Å². The molecule has 0 aromatic rings. The molecule has 0 spiro atoms. The average Bonchev–Trinajstić information content (AvgIpc) is 2.69. The zero-order chi connectivity index (χ0) is 22.1. The molecule has 12 heteroatoms. The largest absolute Gasteiger partial charge is 0.367 e. The van der Waals surface area contributed by atoms with Crippen LogP contribution in [0, 0.1) is 50.7 Å². The van der Waals surface area contributed by atoms with E-state index in [4.69, 9.17) is 40.0 Å². The molecule has 0 amide bonds. The molecule has 4 N–H and O–H groups in total. The fourth-order valence-electron chi connectivity index (χ4n) is 2.17. The Balaban J connectivity index is 5.86. The van der Waals surface area contributed by atoms with Crippen molar-refractivity contribution in [2.75, 3.05) is 26.4 Å². The van der Waals surface area contributed by atoms with Crippen LogP contribution >= 0.6 is 0 Å². The second kappa shape index (κ2) is 15.5. The SMILES string of the molecule is N#CCCOC(O)C(C(O)OCCC#N)(C(O)OCCC#N)C(O)OCCC#N. The summed E-state index contributed by atoms with van der Waals surface area (Å²) in [4.78, 5) is 0. The minimum absolute atomic E-state index is 0.157. The zero-order valence-electron chi connectivity index (χ0n) is 15.7. The molecule has 29 heavy (non-hydrogen) atoms. The molecule has 0 saturated carbocycles. The molecule has 0 aliphatic carbocycles. The lowest BCUT2D eigenvalue weighted by Gasteiger charge is -2.45. The number of aliphatic hydroxyl groups is 4. The molecule has 0 radical (unpaired) electrons. The fraction of sp³-hybridized carbons (Fsp3) is 0.765. The van der Waals surface area contributed by atoms with Crippen LogP contribution in [0.25, 0.3) is 0 Å². The molecule has 0 saturated heterocycles. The lowest BCUT2D eigenvalue weighted by Crippen LogP contribution is -2.63.